The summed E-state index contributed by atoms with van der Waals surface area (Å²) in [6, 6.07) is 7.76. The predicted octanol–water partition coefficient (Wildman–Crippen LogP) is 5.31. The van der Waals surface area contributed by atoms with Crippen molar-refractivity contribution < 1.29 is 30.8 Å². The van der Waals surface area contributed by atoms with Crippen LogP contribution in [0.1, 0.15) is 41.9 Å². The van der Waals surface area contributed by atoms with Gasteiger partial charge in [0.1, 0.15) is 23.3 Å². The van der Waals surface area contributed by atoms with Gasteiger partial charge in [0.2, 0.25) is 5.91 Å². The van der Waals surface area contributed by atoms with E-state index in [1.54, 1.807) is 4.31 Å². The lowest BCUT2D eigenvalue weighted by atomic mass is 9.83. The first-order valence-corrected chi connectivity index (χ1v) is 17.4. The molecule has 2 aliphatic heterocycles. The van der Waals surface area contributed by atoms with E-state index in [9.17, 15) is 26.4 Å². The number of aromatic nitrogens is 1. The summed E-state index contributed by atoms with van der Waals surface area (Å²) in [4.78, 5) is 17.3. The Morgan fingerprint density at radius 3 is 2.42 bits per heavy atom. The number of benzene rings is 2. The standard InChI is InChI=1S/C35H37F4N5O3S/c36-27-7-5-24(6-8-27)32(26-15-28(37)17-29(38)16-26)18-35(45)42-34-21-41-20-33(39)31(34)10-9-30-19-40-12-14-44(30)48(46,47)43-13-11-23-3-1-2-4-25(23)22-43/h1-8,15-17,20-21,23,25,30,32,40H,9-14,18-19,22H2,(H,42,45)/t23?,25?,30-,32-/m0/s1. The van der Waals surface area contributed by atoms with Gasteiger partial charge in [-0.2, -0.15) is 17.0 Å². The van der Waals surface area contributed by atoms with Crippen molar-refractivity contribution in [3.05, 3.63) is 119 Å². The van der Waals surface area contributed by atoms with E-state index in [4.69, 9.17) is 0 Å². The number of carbonyl (C=O) groups is 1. The molecular weight excluding hydrogens is 646 g/mol. The van der Waals surface area contributed by atoms with Crippen LogP contribution in [0.15, 0.2) is 79.2 Å². The molecule has 2 unspecified atom stereocenters. The normalized spacial score (nSPS) is 22.3. The molecule has 2 aromatic carbocycles. The van der Waals surface area contributed by atoms with Crippen LogP contribution in [0.2, 0.25) is 0 Å². The summed E-state index contributed by atoms with van der Waals surface area (Å²) in [5.74, 6) is -3.79. The fraction of sp³-hybridized carbons (Fsp3) is 0.371. The topological polar surface area (TPSA) is 94.6 Å². The summed E-state index contributed by atoms with van der Waals surface area (Å²) in [6.07, 6.45) is 11.3. The van der Waals surface area contributed by atoms with E-state index in [0.717, 1.165) is 30.8 Å². The van der Waals surface area contributed by atoms with Gasteiger partial charge < -0.3 is 10.6 Å². The molecule has 2 N–H and O–H groups in total. The average Bonchev–Trinajstić information content (AvgIpc) is 3.07. The number of piperidine rings is 1. The molecule has 1 aliphatic carbocycles. The number of hydrogen-bond acceptors (Lipinski definition) is 5. The minimum absolute atomic E-state index is 0.108. The fourth-order valence-corrected chi connectivity index (χ4v) is 8.77. The lowest BCUT2D eigenvalue weighted by molar-refractivity contribution is -0.116. The number of halogens is 4. The van der Waals surface area contributed by atoms with Crippen LogP contribution >= 0.6 is 0 Å². The SMILES string of the molecule is O=C(C[C@@H](c1ccc(F)cc1)c1cc(F)cc(F)c1)Nc1cncc(F)c1CC[C@H]1CNCCN1S(=O)(=O)N1CCC2C=CC=CC2C1. The van der Waals surface area contributed by atoms with Gasteiger partial charge in [-0.15, -0.1) is 0 Å². The molecule has 0 spiro atoms. The van der Waals surface area contributed by atoms with Gasteiger partial charge in [0.25, 0.3) is 10.2 Å². The molecule has 13 heteroatoms. The van der Waals surface area contributed by atoms with Crippen LogP contribution < -0.4 is 10.6 Å². The summed E-state index contributed by atoms with van der Waals surface area (Å²) >= 11 is 0. The zero-order chi connectivity index (χ0) is 33.8. The maximum atomic E-state index is 15.3. The van der Waals surface area contributed by atoms with E-state index >= 15 is 4.39 Å². The van der Waals surface area contributed by atoms with Crippen molar-refractivity contribution in [3.63, 3.8) is 0 Å². The number of rotatable bonds is 10. The molecule has 2 fully saturated rings. The van der Waals surface area contributed by atoms with Crippen LogP contribution in [0.25, 0.3) is 0 Å². The lowest BCUT2D eigenvalue weighted by Crippen LogP contribution is -2.59. The minimum Gasteiger partial charge on any atom is -0.324 e. The molecule has 8 nitrogen and oxygen atoms in total. The maximum Gasteiger partial charge on any atom is 0.282 e. The Kier molecular flexibility index (Phi) is 10.4. The van der Waals surface area contributed by atoms with Gasteiger partial charge in [-0.1, -0.05) is 36.4 Å². The molecule has 0 radical (unpaired) electrons. The Hall–Kier alpha value is -3.91. The van der Waals surface area contributed by atoms with Crippen molar-refractivity contribution in [2.45, 2.75) is 37.6 Å². The van der Waals surface area contributed by atoms with E-state index in [1.807, 2.05) is 12.2 Å². The molecule has 0 saturated carbocycles. The molecule has 0 bridgehead atoms. The summed E-state index contributed by atoms with van der Waals surface area (Å²) in [6.45, 7) is 1.99. The second kappa shape index (κ2) is 14.7. The van der Waals surface area contributed by atoms with Crippen LogP contribution in [0.4, 0.5) is 23.2 Å². The summed E-state index contributed by atoms with van der Waals surface area (Å²) in [5, 5.41) is 5.95. The minimum atomic E-state index is -3.79. The van der Waals surface area contributed by atoms with Crippen LogP contribution in [0.3, 0.4) is 0 Å². The van der Waals surface area contributed by atoms with Gasteiger partial charge in [0.05, 0.1) is 18.1 Å². The molecule has 48 heavy (non-hydrogen) atoms. The van der Waals surface area contributed by atoms with Crippen molar-refractivity contribution >= 4 is 21.8 Å². The molecule has 3 heterocycles. The highest BCUT2D eigenvalue weighted by molar-refractivity contribution is 7.86. The molecule has 254 valence electrons. The van der Waals surface area contributed by atoms with Crippen molar-refractivity contribution in [3.8, 4) is 0 Å². The van der Waals surface area contributed by atoms with Gasteiger partial charge in [-0.25, -0.2) is 17.6 Å². The van der Waals surface area contributed by atoms with E-state index in [0.29, 0.717) is 37.7 Å². The Balaban J connectivity index is 1.17. The van der Waals surface area contributed by atoms with Crippen LogP contribution in [0, 0.1) is 35.1 Å². The first-order chi connectivity index (χ1) is 23.1. The van der Waals surface area contributed by atoms with Gasteiger partial charge in [0.15, 0.2) is 0 Å². The number of fused-ring (bicyclic) bond motifs is 1. The van der Waals surface area contributed by atoms with Gasteiger partial charge in [-0.05, 0) is 66.5 Å². The quantitative estimate of drug-likeness (QED) is 0.283. The predicted molar refractivity (Wildman–Crippen MR) is 174 cm³/mol. The molecule has 1 aromatic heterocycles. The molecule has 6 rings (SSSR count). The first-order valence-electron chi connectivity index (χ1n) is 16.0. The van der Waals surface area contributed by atoms with E-state index < -0.39 is 51.3 Å². The fourth-order valence-electron chi connectivity index (χ4n) is 6.90. The van der Waals surface area contributed by atoms with Crippen molar-refractivity contribution in [1.29, 1.82) is 0 Å². The van der Waals surface area contributed by atoms with Crippen LogP contribution in [-0.4, -0.2) is 66.7 Å². The van der Waals surface area contributed by atoms with Gasteiger partial charge >= 0.3 is 0 Å². The Labute approximate surface area is 277 Å². The highest BCUT2D eigenvalue weighted by Crippen LogP contribution is 2.33. The van der Waals surface area contributed by atoms with E-state index in [2.05, 4.69) is 27.8 Å². The van der Waals surface area contributed by atoms with Gasteiger partial charge in [0, 0.05) is 62.7 Å². The zero-order valence-electron chi connectivity index (χ0n) is 26.2. The smallest absolute Gasteiger partial charge is 0.282 e. The summed E-state index contributed by atoms with van der Waals surface area (Å²) in [7, 11) is -3.79. The Morgan fingerprint density at radius 1 is 0.938 bits per heavy atom. The summed E-state index contributed by atoms with van der Waals surface area (Å²) < 4.78 is 88.1. The van der Waals surface area contributed by atoms with E-state index in [-0.39, 0.29) is 48.5 Å². The maximum absolute atomic E-state index is 15.3. The zero-order valence-corrected chi connectivity index (χ0v) is 27.0. The third-order valence-electron chi connectivity index (χ3n) is 9.38. The molecule has 2 saturated heterocycles. The number of piperazine rings is 1. The highest BCUT2D eigenvalue weighted by atomic mass is 32.2. The molecule has 3 aliphatic rings. The van der Waals surface area contributed by atoms with Crippen molar-refractivity contribution in [1.82, 2.24) is 18.9 Å². The monoisotopic (exact) mass is 683 g/mol. The molecule has 3 aromatic rings. The van der Waals surface area contributed by atoms with Crippen LogP contribution in [0.5, 0.6) is 0 Å². The molecule has 1 amide bonds. The number of nitrogens with one attached hydrogen (secondary N) is 2. The number of nitrogens with zero attached hydrogens (tertiary/aromatic N) is 3. The number of carbonyl (C=O) groups excluding carboxylic acids is 1. The lowest BCUT2D eigenvalue weighted by Gasteiger charge is -2.42. The van der Waals surface area contributed by atoms with Crippen LogP contribution in [-0.2, 0) is 21.4 Å². The summed E-state index contributed by atoms with van der Waals surface area (Å²) in [5.41, 5.74) is 0.913. The Morgan fingerprint density at radius 2 is 1.67 bits per heavy atom. The second-order valence-corrected chi connectivity index (χ2v) is 14.3. The van der Waals surface area contributed by atoms with E-state index in [1.165, 1.54) is 34.8 Å². The average molecular weight is 684 g/mol. The van der Waals surface area contributed by atoms with Gasteiger partial charge in [-0.3, -0.25) is 9.78 Å². The largest absolute Gasteiger partial charge is 0.324 e. The van der Waals surface area contributed by atoms with Crippen molar-refractivity contribution in [2.75, 3.05) is 38.0 Å². The number of pyridine rings is 1. The Bertz CT molecular complexity index is 1780. The number of amides is 1. The third-order valence-corrected chi connectivity index (χ3v) is 11.4. The molecule has 4 atom stereocenters. The molecular formula is C35H37F4N5O3S. The van der Waals surface area contributed by atoms with Crippen molar-refractivity contribution in [2.24, 2.45) is 11.8 Å². The second-order valence-electron chi connectivity index (χ2n) is 12.5. The number of allylic oxidation sites excluding steroid dienone is 3. The first kappa shape index (κ1) is 34.0. The third kappa shape index (κ3) is 7.70. The highest BCUT2D eigenvalue weighted by Gasteiger charge is 2.40. The number of anilines is 1. The number of hydrogen-bond donors (Lipinski definition) is 2.